The fourth-order valence-corrected chi connectivity index (χ4v) is 1.09. The SMILES string of the molecule is CCc1ccc([C@H](N)CC(F)F)o1.Cl. The van der Waals surface area contributed by atoms with Gasteiger partial charge in [0.2, 0.25) is 6.43 Å². The van der Waals surface area contributed by atoms with Gasteiger partial charge in [0.15, 0.2) is 0 Å². The van der Waals surface area contributed by atoms with Crippen molar-refractivity contribution >= 4 is 12.4 Å². The van der Waals surface area contributed by atoms with Crippen LogP contribution in [0.5, 0.6) is 0 Å². The number of aryl methyl sites for hydroxylation is 1. The number of rotatable bonds is 4. The molecule has 1 aromatic heterocycles. The predicted molar refractivity (Wildman–Crippen MR) is 52.9 cm³/mol. The molecule has 0 aliphatic rings. The Hall–Kier alpha value is -0.610. The zero-order chi connectivity index (χ0) is 9.84. The molecule has 1 atom stereocenters. The van der Waals surface area contributed by atoms with Crippen LogP contribution in [0.3, 0.4) is 0 Å². The normalized spacial score (nSPS) is 12.6. The van der Waals surface area contributed by atoms with Crippen LogP contribution in [0.4, 0.5) is 8.78 Å². The molecule has 0 spiro atoms. The molecule has 0 unspecified atom stereocenters. The fourth-order valence-electron chi connectivity index (χ4n) is 1.09. The fraction of sp³-hybridized carbons (Fsp3) is 0.556. The Balaban J connectivity index is 0.00000169. The van der Waals surface area contributed by atoms with E-state index in [2.05, 4.69) is 0 Å². The molecule has 0 amide bonds. The lowest BCUT2D eigenvalue weighted by atomic mass is 10.2. The van der Waals surface area contributed by atoms with E-state index in [0.29, 0.717) is 5.76 Å². The molecule has 0 aliphatic heterocycles. The van der Waals surface area contributed by atoms with Crippen molar-refractivity contribution in [2.24, 2.45) is 5.73 Å². The summed E-state index contributed by atoms with van der Waals surface area (Å²) in [5.74, 6) is 1.22. The second-order valence-corrected chi connectivity index (χ2v) is 2.89. The van der Waals surface area contributed by atoms with Crippen molar-refractivity contribution in [2.75, 3.05) is 0 Å². The van der Waals surface area contributed by atoms with Gasteiger partial charge in [-0.2, -0.15) is 0 Å². The molecule has 0 radical (unpaired) electrons. The van der Waals surface area contributed by atoms with Crippen molar-refractivity contribution in [3.63, 3.8) is 0 Å². The third kappa shape index (κ3) is 3.64. The van der Waals surface area contributed by atoms with E-state index < -0.39 is 12.5 Å². The molecule has 1 rings (SSSR count). The number of nitrogens with two attached hydrogens (primary N) is 1. The van der Waals surface area contributed by atoms with Crippen molar-refractivity contribution in [3.8, 4) is 0 Å². The Morgan fingerprint density at radius 2 is 2.07 bits per heavy atom. The molecule has 0 bridgehead atoms. The highest BCUT2D eigenvalue weighted by molar-refractivity contribution is 5.85. The summed E-state index contributed by atoms with van der Waals surface area (Å²) in [6, 6.07) is 2.73. The van der Waals surface area contributed by atoms with Crippen molar-refractivity contribution in [2.45, 2.75) is 32.2 Å². The van der Waals surface area contributed by atoms with Crippen LogP contribution in [0.25, 0.3) is 0 Å². The van der Waals surface area contributed by atoms with Crippen molar-refractivity contribution in [1.82, 2.24) is 0 Å². The van der Waals surface area contributed by atoms with E-state index in [1.807, 2.05) is 6.92 Å². The number of hydrogen-bond acceptors (Lipinski definition) is 2. The lowest BCUT2D eigenvalue weighted by Crippen LogP contribution is -2.12. The molecular formula is C9H14ClF2NO. The minimum absolute atomic E-state index is 0. The molecule has 0 saturated heterocycles. The van der Waals surface area contributed by atoms with Crippen LogP contribution < -0.4 is 5.73 Å². The molecule has 2 N–H and O–H groups in total. The predicted octanol–water partition coefficient (Wildman–Crippen LogP) is 2.92. The first-order valence-electron chi connectivity index (χ1n) is 4.25. The molecule has 2 nitrogen and oxygen atoms in total. The third-order valence-electron chi connectivity index (χ3n) is 1.83. The minimum atomic E-state index is -2.38. The molecule has 1 heterocycles. The Bertz CT molecular complexity index is 265. The van der Waals surface area contributed by atoms with Crippen molar-refractivity contribution in [3.05, 3.63) is 23.7 Å². The van der Waals surface area contributed by atoms with Gasteiger partial charge in [0.25, 0.3) is 0 Å². The molecule has 82 valence electrons. The first-order chi connectivity index (χ1) is 6.13. The van der Waals surface area contributed by atoms with E-state index in [9.17, 15) is 8.78 Å². The Morgan fingerprint density at radius 1 is 1.43 bits per heavy atom. The van der Waals surface area contributed by atoms with E-state index in [1.165, 1.54) is 0 Å². The van der Waals surface area contributed by atoms with Crippen molar-refractivity contribution in [1.29, 1.82) is 0 Å². The maximum absolute atomic E-state index is 11.9. The number of alkyl halides is 2. The number of hydrogen-bond donors (Lipinski definition) is 1. The van der Waals surface area contributed by atoms with Gasteiger partial charge in [0.05, 0.1) is 6.04 Å². The molecule has 0 aromatic carbocycles. The molecule has 14 heavy (non-hydrogen) atoms. The second kappa shape index (κ2) is 5.98. The van der Waals surface area contributed by atoms with Gasteiger partial charge in [-0.15, -0.1) is 12.4 Å². The second-order valence-electron chi connectivity index (χ2n) is 2.89. The van der Waals surface area contributed by atoms with Crippen LogP contribution in [0.2, 0.25) is 0 Å². The lowest BCUT2D eigenvalue weighted by molar-refractivity contribution is 0.124. The average Bonchev–Trinajstić information content (AvgIpc) is 2.50. The summed E-state index contributed by atoms with van der Waals surface area (Å²) in [6.45, 7) is 1.93. The average molecular weight is 226 g/mol. The van der Waals surface area contributed by atoms with Gasteiger partial charge in [0, 0.05) is 12.8 Å². The maximum atomic E-state index is 11.9. The first kappa shape index (κ1) is 13.4. The molecule has 0 fully saturated rings. The Labute approximate surface area is 87.9 Å². The summed E-state index contributed by atoms with van der Waals surface area (Å²) in [5, 5.41) is 0. The highest BCUT2D eigenvalue weighted by Crippen LogP contribution is 2.20. The number of furan rings is 1. The van der Waals surface area contributed by atoms with Crippen LogP contribution in [-0.4, -0.2) is 6.43 Å². The van der Waals surface area contributed by atoms with Gasteiger partial charge in [-0.05, 0) is 12.1 Å². The smallest absolute Gasteiger partial charge is 0.240 e. The summed E-state index contributed by atoms with van der Waals surface area (Å²) in [6.07, 6.45) is -1.98. The van der Waals surface area contributed by atoms with Crippen molar-refractivity contribution < 1.29 is 13.2 Å². The van der Waals surface area contributed by atoms with Gasteiger partial charge in [-0.25, -0.2) is 8.78 Å². The molecule has 0 aliphatic carbocycles. The van der Waals surface area contributed by atoms with Crippen LogP contribution in [-0.2, 0) is 6.42 Å². The van der Waals surface area contributed by atoms with Crippen LogP contribution in [0, 0.1) is 0 Å². The van der Waals surface area contributed by atoms with Crippen LogP contribution in [0.1, 0.15) is 30.9 Å². The van der Waals surface area contributed by atoms with E-state index in [-0.39, 0.29) is 18.8 Å². The van der Waals surface area contributed by atoms with E-state index in [0.717, 1.165) is 12.2 Å². The zero-order valence-electron chi connectivity index (χ0n) is 7.87. The topological polar surface area (TPSA) is 39.2 Å². The third-order valence-corrected chi connectivity index (χ3v) is 1.83. The highest BCUT2D eigenvalue weighted by Gasteiger charge is 2.15. The van der Waals surface area contributed by atoms with Crippen LogP contribution >= 0.6 is 12.4 Å². The molecule has 5 heteroatoms. The van der Waals surface area contributed by atoms with Gasteiger partial charge in [-0.1, -0.05) is 6.92 Å². The Morgan fingerprint density at radius 3 is 2.50 bits per heavy atom. The number of halogens is 3. The summed E-state index contributed by atoms with van der Waals surface area (Å²) < 4.78 is 29.1. The lowest BCUT2D eigenvalue weighted by Gasteiger charge is -2.06. The highest BCUT2D eigenvalue weighted by atomic mass is 35.5. The van der Waals surface area contributed by atoms with Crippen LogP contribution in [0.15, 0.2) is 16.5 Å². The van der Waals surface area contributed by atoms with E-state index >= 15 is 0 Å². The summed E-state index contributed by atoms with van der Waals surface area (Å²) in [5.41, 5.74) is 5.49. The summed E-state index contributed by atoms with van der Waals surface area (Å²) in [7, 11) is 0. The van der Waals surface area contributed by atoms with Gasteiger partial charge < -0.3 is 10.2 Å². The summed E-state index contributed by atoms with van der Waals surface area (Å²) in [4.78, 5) is 0. The zero-order valence-corrected chi connectivity index (χ0v) is 8.69. The van der Waals surface area contributed by atoms with Gasteiger partial charge >= 0.3 is 0 Å². The molecular weight excluding hydrogens is 212 g/mol. The van der Waals surface area contributed by atoms with E-state index in [1.54, 1.807) is 12.1 Å². The minimum Gasteiger partial charge on any atom is -0.464 e. The first-order valence-corrected chi connectivity index (χ1v) is 4.25. The molecule has 0 saturated carbocycles. The monoisotopic (exact) mass is 225 g/mol. The molecule has 1 aromatic rings. The quantitative estimate of drug-likeness (QED) is 0.856. The van der Waals surface area contributed by atoms with Gasteiger partial charge in [-0.3, -0.25) is 0 Å². The summed E-state index contributed by atoms with van der Waals surface area (Å²) >= 11 is 0. The standard InChI is InChI=1S/C9H13F2NO.ClH/c1-2-6-3-4-8(13-6)7(12)5-9(10)11;/h3-4,7,9H,2,5,12H2,1H3;1H/t7-;/m1./s1. The largest absolute Gasteiger partial charge is 0.464 e. The maximum Gasteiger partial charge on any atom is 0.240 e. The van der Waals surface area contributed by atoms with Gasteiger partial charge in [0.1, 0.15) is 11.5 Å². The Kier molecular flexibility index (Phi) is 5.72. The van der Waals surface area contributed by atoms with E-state index in [4.69, 9.17) is 10.2 Å².